The second kappa shape index (κ2) is 5.93. The lowest BCUT2D eigenvalue weighted by molar-refractivity contribution is 0.0760. The highest BCUT2D eigenvalue weighted by Gasteiger charge is 2.27. The van der Waals surface area contributed by atoms with Gasteiger partial charge < -0.3 is 10.0 Å². The monoisotopic (exact) mass is 342 g/mol. The number of amides is 1. The summed E-state index contributed by atoms with van der Waals surface area (Å²) in [7, 11) is 0. The lowest BCUT2D eigenvalue weighted by Crippen LogP contribution is -2.29. The van der Waals surface area contributed by atoms with Crippen molar-refractivity contribution in [2.24, 2.45) is 0 Å². The van der Waals surface area contributed by atoms with Gasteiger partial charge in [0.1, 0.15) is 10.7 Å². The first-order valence-corrected chi connectivity index (χ1v) is 8.06. The topological polar surface area (TPSA) is 53.4 Å². The predicted octanol–water partition coefficient (Wildman–Crippen LogP) is 3.32. The Morgan fingerprint density at radius 3 is 2.90 bits per heavy atom. The normalized spacial score (nSPS) is 18.2. The molecular weight excluding hydrogens is 331 g/mol. The summed E-state index contributed by atoms with van der Waals surface area (Å²) in [4.78, 5) is 18.3. The second-order valence-electron chi connectivity index (χ2n) is 4.86. The quantitative estimate of drug-likeness (QED) is 0.910. The van der Waals surface area contributed by atoms with Crippen molar-refractivity contribution in [3.63, 3.8) is 0 Å². The van der Waals surface area contributed by atoms with E-state index in [1.54, 1.807) is 28.5 Å². The molecule has 1 amide bonds. The Kier molecular flexibility index (Phi) is 4.17. The summed E-state index contributed by atoms with van der Waals surface area (Å²) in [5, 5.41) is 13.0. The van der Waals surface area contributed by atoms with Gasteiger partial charge in [-0.1, -0.05) is 23.2 Å². The minimum atomic E-state index is -0.433. The molecule has 0 unspecified atom stereocenters. The Morgan fingerprint density at radius 2 is 2.24 bits per heavy atom. The molecule has 1 atom stereocenters. The maximum atomic E-state index is 12.3. The highest BCUT2D eigenvalue weighted by molar-refractivity contribution is 7.13. The van der Waals surface area contributed by atoms with Gasteiger partial charge in [-0.25, -0.2) is 4.98 Å². The van der Waals surface area contributed by atoms with Crippen LogP contribution in [-0.2, 0) is 0 Å². The number of benzene rings is 1. The fourth-order valence-electron chi connectivity index (χ4n) is 2.25. The van der Waals surface area contributed by atoms with Crippen LogP contribution in [0, 0.1) is 0 Å². The summed E-state index contributed by atoms with van der Waals surface area (Å²) >= 11 is 13.4. The predicted molar refractivity (Wildman–Crippen MR) is 84.1 cm³/mol. The smallest absolute Gasteiger partial charge is 0.273 e. The van der Waals surface area contributed by atoms with Crippen molar-refractivity contribution in [3.8, 4) is 10.6 Å². The van der Waals surface area contributed by atoms with E-state index >= 15 is 0 Å². The Bertz CT molecular complexity index is 689. The van der Waals surface area contributed by atoms with Crippen LogP contribution < -0.4 is 0 Å². The average molecular weight is 343 g/mol. The summed E-state index contributed by atoms with van der Waals surface area (Å²) < 4.78 is 0. The van der Waals surface area contributed by atoms with Crippen LogP contribution in [0.1, 0.15) is 16.9 Å². The molecule has 7 heteroatoms. The van der Waals surface area contributed by atoms with Crippen molar-refractivity contribution < 1.29 is 9.90 Å². The molecule has 21 heavy (non-hydrogen) atoms. The molecule has 1 N–H and O–H groups in total. The molecule has 0 aliphatic carbocycles. The summed E-state index contributed by atoms with van der Waals surface area (Å²) in [5.41, 5.74) is 1.14. The van der Waals surface area contributed by atoms with Gasteiger partial charge in [-0.15, -0.1) is 11.3 Å². The van der Waals surface area contributed by atoms with Crippen LogP contribution in [0.15, 0.2) is 23.6 Å². The van der Waals surface area contributed by atoms with E-state index in [1.807, 2.05) is 0 Å². The Labute approximate surface area is 135 Å². The third-order valence-electron chi connectivity index (χ3n) is 3.34. The zero-order valence-corrected chi connectivity index (χ0v) is 13.3. The van der Waals surface area contributed by atoms with E-state index in [9.17, 15) is 9.90 Å². The zero-order chi connectivity index (χ0) is 15.0. The molecule has 4 nitrogen and oxygen atoms in total. The molecule has 1 aromatic heterocycles. The summed E-state index contributed by atoms with van der Waals surface area (Å²) in [6.07, 6.45) is 0.184. The van der Waals surface area contributed by atoms with E-state index in [4.69, 9.17) is 23.2 Å². The molecule has 2 heterocycles. The SMILES string of the molecule is O=C(c1csc(-c2ccc(Cl)cc2Cl)n1)N1CC[C@@H](O)C1. The molecule has 1 aromatic carbocycles. The third-order valence-corrected chi connectivity index (χ3v) is 4.76. The standard InChI is InChI=1S/C14H12Cl2N2O2S/c15-8-1-2-10(11(16)5-8)13-17-12(7-21-13)14(20)18-4-3-9(19)6-18/h1-2,5,7,9,19H,3-4,6H2/t9-/m1/s1. The minimum absolute atomic E-state index is 0.154. The number of β-amino-alcohol motifs (C(OH)–C–C–N with tert-alkyl or cyclic N) is 1. The summed E-state index contributed by atoms with van der Waals surface area (Å²) in [5.74, 6) is -0.154. The molecule has 1 saturated heterocycles. The van der Waals surface area contributed by atoms with E-state index in [2.05, 4.69) is 4.98 Å². The molecule has 0 spiro atoms. The van der Waals surface area contributed by atoms with Crippen LogP contribution in [0.4, 0.5) is 0 Å². The van der Waals surface area contributed by atoms with Crippen LogP contribution in [0.2, 0.25) is 10.0 Å². The van der Waals surface area contributed by atoms with Gasteiger partial charge in [0.25, 0.3) is 5.91 Å². The van der Waals surface area contributed by atoms with Crippen LogP contribution in [0.25, 0.3) is 10.6 Å². The fraction of sp³-hybridized carbons (Fsp3) is 0.286. The van der Waals surface area contributed by atoms with E-state index in [1.165, 1.54) is 11.3 Å². The largest absolute Gasteiger partial charge is 0.391 e. The maximum absolute atomic E-state index is 12.3. The Balaban J connectivity index is 1.84. The number of likely N-dealkylation sites (tertiary alicyclic amines) is 1. The van der Waals surface area contributed by atoms with Gasteiger partial charge in [-0.3, -0.25) is 4.79 Å². The molecule has 2 aromatic rings. The van der Waals surface area contributed by atoms with E-state index in [0.29, 0.717) is 40.3 Å². The highest BCUT2D eigenvalue weighted by Crippen LogP contribution is 2.32. The van der Waals surface area contributed by atoms with Crippen LogP contribution in [0.5, 0.6) is 0 Å². The third kappa shape index (κ3) is 3.06. The Morgan fingerprint density at radius 1 is 1.43 bits per heavy atom. The van der Waals surface area contributed by atoms with Crippen LogP contribution in [-0.4, -0.2) is 40.1 Å². The van der Waals surface area contributed by atoms with Gasteiger partial charge in [-0.05, 0) is 24.6 Å². The number of aliphatic hydroxyl groups is 1. The van der Waals surface area contributed by atoms with Gasteiger partial charge in [0, 0.05) is 29.1 Å². The van der Waals surface area contributed by atoms with Crippen molar-refractivity contribution >= 4 is 40.4 Å². The molecule has 0 radical (unpaired) electrons. The zero-order valence-electron chi connectivity index (χ0n) is 10.9. The van der Waals surface area contributed by atoms with E-state index in [0.717, 1.165) is 5.56 Å². The number of carbonyl (C=O) groups excluding carboxylic acids is 1. The number of aliphatic hydroxyl groups excluding tert-OH is 1. The number of thiazole rings is 1. The van der Waals surface area contributed by atoms with Crippen molar-refractivity contribution in [2.45, 2.75) is 12.5 Å². The second-order valence-corrected chi connectivity index (χ2v) is 6.56. The van der Waals surface area contributed by atoms with Crippen molar-refractivity contribution in [3.05, 3.63) is 39.3 Å². The number of nitrogens with zero attached hydrogens (tertiary/aromatic N) is 2. The number of carbonyl (C=O) groups is 1. The van der Waals surface area contributed by atoms with Gasteiger partial charge in [0.15, 0.2) is 0 Å². The molecule has 1 fully saturated rings. The lowest BCUT2D eigenvalue weighted by Gasteiger charge is -2.13. The molecular formula is C14H12Cl2N2O2S. The molecule has 0 bridgehead atoms. The van der Waals surface area contributed by atoms with Crippen LogP contribution in [0.3, 0.4) is 0 Å². The number of hydrogen-bond donors (Lipinski definition) is 1. The van der Waals surface area contributed by atoms with Crippen molar-refractivity contribution in [2.75, 3.05) is 13.1 Å². The lowest BCUT2D eigenvalue weighted by atomic mass is 10.2. The number of halogens is 2. The van der Waals surface area contributed by atoms with Crippen molar-refractivity contribution in [1.82, 2.24) is 9.88 Å². The number of rotatable bonds is 2. The number of aromatic nitrogens is 1. The van der Waals surface area contributed by atoms with Gasteiger partial charge in [0.2, 0.25) is 0 Å². The molecule has 3 rings (SSSR count). The molecule has 1 aliphatic rings. The van der Waals surface area contributed by atoms with Gasteiger partial charge in [-0.2, -0.15) is 0 Å². The van der Waals surface area contributed by atoms with E-state index < -0.39 is 6.10 Å². The molecule has 0 saturated carbocycles. The summed E-state index contributed by atoms with van der Waals surface area (Å²) in [6.45, 7) is 0.932. The van der Waals surface area contributed by atoms with Crippen molar-refractivity contribution in [1.29, 1.82) is 0 Å². The minimum Gasteiger partial charge on any atom is -0.391 e. The fourth-order valence-corrected chi connectivity index (χ4v) is 3.63. The average Bonchev–Trinajstić information content (AvgIpc) is 3.07. The maximum Gasteiger partial charge on any atom is 0.273 e. The summed E-state index contributed by atoms with van der Waals surface area (Å²) in [6, 6.07) is 5.18. The van der Waals surface area contributed by atoms with Gasteiger partial charge >= 0.3 is 0 Å². The molecule has 110 valence electrons. The molecule has 1 aliphatic heterocycles. The first-order chi connectivity index (χ1) is 10.0. The number of hydrogen-bond acceptors (Lipinski definition) is 4. The van der Waals surface area contributed by atoms with Gasteiger partial charge in [0.05, 0.1) is 11.1 Å². The Hall–Kier alpha value is -1.14. The van der Waals surface area contributed by atoms with E-state index in [-0.39, 0.29) is 5.91 Å². The first-order valence-electron chi connectivity index (χ1n) is 6.43. The highest BCUT2D eigenvalue weighted by atomic mass is 35.5. The first kappa shape index (κ1) is 14.8. The van der Waals surface area contributed by atoms with Crippen LogP contribution >= 0.6 is 34.5 Å².